The average molecular weight is 468 g/mol. The van der Waals surface area contributed by atoms with Crippen molar-refractivity contribution < 1.29 is 9.21 Å². The van der Waals surface area contributed by atoms with Crippen LogP contribution in [0.4, 0.5) is 5.69 Å². The zero-order valence-electron chi connectivity index (χ0n) is 14.2. The van der Waals surface area contributed by atoms with Crippen molar-refractivity contribution in [2.45, 2.75) is 30.5 Å². The Labute approximate surface area is 173 Å². The summed E-state index contributed by atoms with van der Waals surface area (Å²) in [5, 5.41) is 12.7. The number of benzene rings is 1. The van der Waals surface area contributed by atoms with Crippen molar-refractivity contribution in [2.24, 2.45) is 0 Å². The second-order valence-electron chi connectivity index (χ2n) is 6.24. The lowest BCUT2D eigenvalue weighted by Crippen LogP contribution is -2.15. The molecule has 1 aromatic carbocycles. The van der Waals surface area contributed by atoms with Gasteiger partial charge in [-0.25, -0.2) is 0 Å². The van der Waals surface area contributed by atoms with Crippen molar-refractivity contribution in [3.05, 3.63) is 57.7 Å². The fourth-order valence-corrected chi connectivity index (χ4v) is 4.13. The number of aromatic nitrogens is 3. The number of furan rings is 1. The smallest absolute Gasteiger partial charge is 0.234 e. The molecule has 0 radical (unpaired) electrons. The Morgan fingerprint density at radius 3 is 2.93 bits per heavy atom. The fourth-order valence-electron chi connectivity index (χ4n) is 2.66. The highest BCUT2D eigenvalue weighted by Crippen LogP contribution is 2.40. The Balaban J connectivity index is 1.43. The number of halogens is 2. The molecule has 1 aliphatic rings. The lowest BCUT2D eigenvalue weighted by atomic mass is 10.3. The van der Waals surface area contributed by atoms with Gasteiger partial charge < -0.3 is 9.73 Å². The number of hydrogen-bond acceptors (Lipinski definition) is 5. The number of nitrogens with zero attached hydrogens (tertiary/aromatic N) is 3. The number of anilines is 1. The van der Waals surface area contributed by atoms with E-state index in [-0.39, 0.29) is 11.7 Å². The molecule has 1 N–H and O–H groups in total. The molecule has 0 unspecified atom stereocenters. The highest BCUT2D eigenvalue weighted by Gasteiger charge is 2.30. The van der Waals surface area contributed by atoms with Crippen molar-refractivity contribution in [3.8, 4) is 0 Å². The van der Waals surface area contributed by atoms with Crippen molar-refractivity contribution in [2.75, 3.05) is 11.1 Å². The second-order valence-corrected chi connectivity index (χ2v) is 8.51. The molecule has 3 aromatic rings. The third kappa shape index (κ3) is 4.56. The molecule has 2 aromatic heterocycles. The molecular formula is C18H16BrClN4O2S. The van der Waals surface area contributed by atoms with Gasteiger partial charge in [0.05, 0.1) is 29.3 Å². The summed E-state index contributed by atoms with van der Waals surface area (Å²) in [6, 6.07) is 9.12. The molecule has 0 spiro atoms. The molecule has 1 saturated carbocycles. The van der Waals surface area contributed by atoms with E-state index in [1.54, 1.807) is 18.4 Å². The van der Waals surface area contributed by atoms with Gasteiger partial charge in [0.2, 0.25) is 5.91 Å². The van der Waals surface area contributed by atoms with Gasteiger partial charge in [0.15, 0.2) is 5.16 Å². The molecule has 0 bridgehead atoms. The van der Waals surface area contributed by atoms with Crippen molar-refractivity contribution in [1.82, 2.24) is 14.8 Å². The monoisotopic (exact) mass is 466 g/mol. The number of hydrogen-bond donors (Lipinski definition) is 1. The maximum absolute atomic E-state index is 12.3. The van der Waals surface area contributed by atoms with Gasteiger partial charge in [-0.3, -0.25) is 9.36 Å². The Kier molecular flexibility index (Phi) is 5.56. The van der Waals surface area contributed by atoms with Crippen LogP contribution in [-0.4, -0.2) is 26.4 Å². The topological polar surface area (TPSA) is 73.0 Å². The van der Waals surface area contributed by atoms with Gasteiger partial charge in [-0.15, -0.1) is 10.2 Å². The van der Waals surface area contributed by atoms with E-state index in [0.717, 1.165) is 28.9 Å². The molecule has 0 saturated heterocycles. The van der Waals surface area contributed by atoms with Gasteiger partial charge in [-0.2, -0.15) is 0 Å². The molecule has 27 heavy (non-hydrogen) atoms. The summed E-state index contributed by atoms with van der Waals surface area (Å²) in [6.45, 7) is 0.564. The van der Waals surface area contributed by atoms with Crippen LogP contribution in [0.3, 0.4) is 0 Å². The van der Waals surface area contributed by atoms with Gasteiger partial charge in [0, 0.05) is 10.4 Å². The minimum absolute atomic E-state index is 0.148. The van der Waals surface area contributed by atoms with E-state index < -0.39 is 0 Å². The highest BCUT2D eigenvalue weighted by molar-refractivity contribution is 9.10. The SMILES string of the molecule is O=C(CSc1nnc(C2CC2)n1Cc1ccco1)Nc1ccc(Br)cc1Cl. The van der Waals surface area contributed by atoms with Crippen LogP contribution < -0.4 is 5.32 Å². The molecule has 1 aliphatic carbocycles. The molecule has 1 amide bonds. The molecule has 0 atom stereocenters. The third-order valence-corrected chi connectivity index (χ3v) is 5.89. The Bertz CT molecular complexity index is 956. The van der Waals surface area contributed by atoms with E-state index in [2.05, 4.69) is 31.4 Å². The molecule has 0 aliphatic heterocycles. The second kappa shape index (κ2) is 8.08. The molecule has 2 heterocycles. The Morgan fingerprint density at radius 2 is 2.22 bits per heavy atom. The Morgan fingerprint density at radius 1 is 1.37 bits per heavy atom. The minimum Gasteiger partial charge on any atom is -0.467 e. The van der Waals surface area contributed by atoms with Crippen LogP contribution in [0, 0.1) is 0 Å². The van der Waals surface area contributed by atoms with Gasteiger partial charge in [0.25, 0.3) is 0 Å². The van der Waals surface area contributed by atoms with Crippen LogP contribution in [0.2, 0.25) is 5.02 Å². The fraction of sp³-hybridized carbons (Fsp3) is 0.278. The highest BCUT2D eigenvalue weighted by atomic mass is 79.9. The van der Waals surface area contributed by atoms with Crippen LogP contribution in [0.1, 0.15) is 30.3 Å². The maximum atomic E-state index is 12.3. The minimum atomic E-state index is -0.148. The van der Waals surface area contributed by atoms with E-state index in [9.17, 15) is 4.79 Å². The van der Waals surface area contributed by atoms with Crippen LogP contribution in [0.25, 0.3) is 0 Å². The number of nitrogens with one attached hydrogen (secondary N) is 1. The molecule has 9 heteroatoms. The quantitative estimate of drug-likeness (QED) is 0.498. The van der Waals surface area contributed by atoms with E-state index in [1.165, 1.54) is 11.8 Å². The summed E-state index contributed by atoms with van der Waals surface area (Å²) < 4.78 is 8.36. The van der Waals surface area contributed by atoms with E-state index in [4.69, 9.17) is 16.0 Å². The first kappa shape index (κ1) is 18.6. The molecule has 140 valence electrons. The predicted molar refractivity (Wildman–Crippen MR) is 108 cm³/mol. The van der Waals surface area contributed by atoms with Crippen molar-refractivity contribution in [1.29, 1.82) is 0 Å². The normalized spacial score (nSPS) is 13.7. The predicted octanol–water partition coefficient (Wildman–Crippen LogP) is 4.94. The number of thioether (sulfide) groups is 1. The maximum Gasteiger partial charge on any atom is 0.234 e. The summed E-state index contributed by atoms with van der Waals surface area (Å²) >= 11 is 10.9. The summed E-state index contributed by atoms with van der Waals surface area (Å²) in [4.78, 5) is 12.3. The summed E-state index contributed by atoms with van der Waals surface area (Å²) in [6.07, 6.45) is 3.91. The third-order valence-electron chi connectivity index (χ3n) is 4.12. The first-order valence-electron chi connectivity index (χ1n) is 8.43. The first-order chi connectivity index (χ1) is 13.1. The lowest BCUT2D eigenvalue weighted by molar-refractivity contribution is -0.113. The molecule has 6 nitrogen and oxygen atoms in total. The Hall–Kier alpha value is -1.77. The summed E-state index contributed by atoms with van der Waals surface area (Å²) in [5.41, 5.74) is 0.584. The van der Waals surface area contributed by atoms with Crippen LogP contribution in [0.5, 0.6) is 0 Å². The van der Waals surface area contributed by atoms with Gasteiger partial charge >= 0.3 is 0 Å². The number of amides is 1. The van der Waals surface area contributed by atoms with Crippen molar-refractivity contribution in [3.63, 3.8) is 0 Å². The van der Waals surface area contributed by atoms with Crippen molar-refractivity contribution >= 4 is 50.9 Å². The molecule has 1 fully saturated rings. The van der Waals surface area contributed by atoms with Crippen LogP contribution in [0.15, 0.2) is 50.6 Å². The largest absolute Gasteiger partial charge is 0.467 e. The number of carbonyl (C=O) groups is 1. The van der Waals surface area contributed by atoms with Crippen LogP contribution >= 0.6 is 39.3 Å². The van der Waals surface area contributed by atoms with Gasteiger partial charge in [-0.1, -0.05) is 39.3 Å². The van der Waals surface area contributed by atoms with Gasteiger partial charge in [-0.05, 0) is 43.2 Å². The lowest BCUT2D eigenvalue weighted by Gasteiger charge is -2.09. The average Bonchev–Trinajstić information content (AvgIpc) is 3.20. The van der Waals surface area contributed by atoms with Crippen LogP contribution in [-0.2, 0) is 11.3 Å². The molecular weight excluding hydrogens is 452 g/mol. The van der Waals surface area contributed by atoms with E-state index >= 15 is 0 Å². The standard InChI is InChI=1S/C18H16BrClN4O2S/c19-12-5-6-15(14(20)8-12)21-16(25)10-27-18-23-22-17(11-3-4-11)24(18)9-13-2-1-7-26-13/h1-2,5-8,11H,3-4,9-10H2,(H,21,25). The zero-order chi connectivity index (χ0) is 18.8. The summed E-state index contributed by atoms with van der Waals surface area (Å²) in [5.74, 6) is 2.32. The summed E-state index contributed by atoms with van der Waals surface area (Å²) in [7, 11) is 0. The first-order valence-corrected chi connectivity index (χ1v) is 10.6. The van der Waals surface area contributed by atoms with E-state index in [0.29, 0.717) is 28.3 Å². The number of rotatable bonds is 7. The van der Waals surface area contributed by atoms with E-state index in [1.807, 2.05) is 22.8 Å². The van der Waals surface area contributed by atoms with Gasteiger partial charge in [0.1, 0.15) is 11.6 Å². The molecule has 4 rings (SSSR count). The zero-order valence-corrected chi connectivity index (χ0v) is 17.4. The number of carbonyl (C=O) groups excluding carboxylic acids is 1.